The summed E-state index contributed by atoms with van der Waals surface area (Å²) < 4.78 is 4.18. The van der Waals surface area contributed by atoms with Crippen LogP contribution < -0.4 is 5.69 Å². The smallest absolute Gasteiger partial charge is 0.328 e. The van der Waals surface area contributed by atoms with Crippen molar-refractivity contribution in [3.63, 3.8) is 0 Å². The van der Waals surface area contributed by atoms with Gasteiger partial charge < -0.3 is 5.11 Å². The Bertz CT molecular complexity index is 1990. The number of hydrogen-bond donors (Lipinski definition) is 1. The van der Waals surface area contributed by atoms with E-state index in [2.05, 4.69) is 4.98 Å². The van der Waals surface area contributed by atoms with Crippen molar-refractivity contribution in [1.82, 2.24) is 19.1 Å². The number of aryl methyl sites for hydroxylation is 3. The van der Waals surface area contributed by atoms with Crippen LogP contribution in [0, 0.1) is 6.92 Å². The Balaban J connectivity index is 1.50. The van der Waals surface area contributed by atoms with Crippen molar-refractivity contribution < 1.29 is 9.90 Å². The van der Waals surface area contributed by atoms with Crippen LogP contribution in [0.3, 0.4) is 0 Å². The zero-order chi connectivity index (χ0) is 27.4. The lowest BCUT2D eigenvalue weighted by atomic mass is 9.93. The molecule has 6 rings (SSSR count). The molecule has 3 heterocycles. The second-order valence-electron chi connectivity index (χ2n) is 9.53. The predicted octanol–water partition coefficient (Wildman–Crippen LogP) is 6.47. The third-order valence-electron chi connectivity index (χ3n) is 7.05. The van der Waals surface area contributed by atoms with Gasteiger partial charge in [-0.15, -0.1) is 11.3 Å². The highest BCUT2D eigenvalue weighted by atomic mass is 35.5. The van der Waals surface area contributed by atoms with Crippen LogP contribution >= 0.6 is 22.9 Å². The number of rotatable bonds is 5. The summed E-state index contributed by atoms with van der Waals surface area (Å²) in [6, 6.07) is 19.2. The molecule has 0 spiro atoms. The van der Waals surface area contributed by atoms with Gasteiger partial charge in [-0.25, -0.2) is 9.78 Å². The van der Waals surface area contributed by atoms with Crippen LogP contribution in [0.25, 0.3) is 54.2 Å². The molecule has 0 amide bonds. The number of halogens is 1. The quantitative estimate of drug-likeness (QED) is 0.264. The van der Waals surface area contributed by atoms with Gasteiger partial charge >= 0.3 is 11.7 Å². The second kappa shape index (κ2) is 9.48. The van der Waals surface area contributed by atoms with Gasteiger partial charge in [-0.1, -0.05) is 29.8 Å². The molecule has 0 aliphatic carbocycles. The van der Waals surface area contributed by atoms with E-state index >= 15 is 0 Å². The maximum atomic E-state index is 12.4. The van der Waals surface area contributed by atoms with Crippen LogP contribution in [0.5, 0.6) is 0 Å². The molecule has 0 fully saturated rings. The maximum Gasteiger partial charge on any atom is 0.328 e. The number of fused-ring (bicyclic) bond motifs is 2. The van der Waals surface area contributed by atoms with E-state index in [1.165, 1.54) is 11.3 Å². The van der Waals surface area contributed by atoms with Crippen molar-refractivity contribution in [2.45, 2.75) is 13.3 Å². The number of thiazole rings is 1. The van der Waals surface area contributed by atoms with E-state index in [1.54, 1.807) is 29.4 Å². The van der Waals surface area contributed by atoms with Crippen LogP contribution in [-0.4, -0.2) is 30.2 Å². The first-order valence-corrected chi connectivity index (χ1v) is 13.4. The standard InChI is InChI=1S/C30H23ClN4O3S/c1-16-12-23-28(27(21(16)15-26(36)37)17-4-7-20(31)8-5-17)39-29(33-23)19-10-11-32-22(13-19)18-6-9-24-25(14-18)35(3)30(38)34(24)2/h4-14H,15H2,1-3H3,(H,36,37). The molecular weight excluding hydrogens is 532 g/mol. The van der Waals surface area contributed by atoms with Crippen LogP contribution in [-0.2, 0) is 25.3 Å². The molecule has 194 valence electrons. The van der Waals surface area contributed by atoms with Gasteiger partial charge in [-0.3, -0.25) is 18.9 Å². The van der Waals surface area contributed by atoms with E-state index < -0.39 is 5.97 Å². The van der Waals surface area contributed by atoms with Gasteiger partial charge in [0.2, 0.25) is 0 Å². The normalized spacial score (nSPS) is 11.5. The summed E-state index contributed by atoms with van der Waals surface area (Å²) in [7, 11) is 3.52. The van der Waals surface area contributed by atoms with Gasteiger partial charge in [0.05, 0.1) is 33.4 Å². The molecule has 0 saturated carbocycles. The van der Waals surface area contributed by atoms with Crippen molar-refractivity contribution in [3.8, 4) is 33.0 Å². The molecule has 0 radical (unpaired) electrons. The monoisotopic (exact) mass is 554 g/mol. The Morgan fingerprint density at radius 3 is 2.41 bits per heavy atom. The van der Waals surface area contributed by atoms with E-state index in [-0.39, 0.29) is 12.1 Å². The Morgan fingerprint density at radius 1 is 0.949 bits per heavy atom. The molecule has 1 N–H and O–H groups in total. The van der Waals surface area contributed by atoms with Crippen molar-refractivity contribution in [3.05, 3.63) is 93.5 Å². The Morgan fingerprint density at radius 2 is 1.67 bits per heavy atom. The van der Waals surface area contributed by atoms with Gasteiger partial charge in [-0.05, 0) is 66.1 Å². The van der Waals surface area contributed by atoms with Crippen molar-refractivity contribution in [2.24, 2.45) is 14.1 Å². The summed E-state index contributed by atoms with van der Waals surface area (Å²) in [5.74, 6) is -0.885. The fraction of sp³-hybridized carbons (Fsp3) is 0.133. The number of carboxylic acids is 1. The zero-order valence-electron chi connectivity index (χ0n) is 21.4. The third-order valence-corrected chi connectivity index (χ3v) is 8.44. The predicted molar refractivity (Wildman–Crippen MR) is 157 cm³/mol. The Kier molecular flexibility index (Phi) is 6.09. The number of carboxylic acid groups (broad SMARTS) is 1. The first-order chi connectivity index (χ1) is 18.7. The van der Waals surface area contributed by atoms with Crippen LogP contribution in [0.15, 0.2) is 71.7 Å². The zero-order valence-corrected chi connectivity index (χ0v) is 23.0. The molecule has 6 aromatic rings. The van der Waals surface area contributed by atoms with E-state index in [9.17, 15) is 14.7 Å². The molecule has 39 heavy (non-hydrogen) atoms. The Hall–Kier alpha value is -4.27. The molecule has 0 unspecified atom stereocenters. The van der Waals surface area contributed by atoms with Crippen LogP contribution in [0.4, 0.5) is 0 Å². The average Bonchev–Trinajstić information content (AvgIpc) is 3.44. The highest BCUT2D eigenvalue weighted by molar-refractivity contribution is 7.22. The number of hydrogen-bond acceptors (Lipinski definition) is 5. The summed E-state index contributed by atoms with van der Waals surface area (Å²) in [4.78, 5) is 33.7. The number of imidazole rings is 1. The number of pyridine rings is 1. The molecule has 0 bridgehead atoms. The minimum atomic E-state index is -0.885. The number of benzene rings is 3. The van der Waals surface area contributed by atoms with Crippen molar-refractivity contribution >= 4 is 50.2 Å². The number of aliphatic carboxylic acids is 1. The summed E-state index contributed by atoms with van der Waals surface area (Å²) >= 11 is 7.67. The van der Waals surface area contributed by atoms with Gasteiger partial charge in [0.25, 0.3) is 0 Å². The number of nitrogens with zero attached hydrogens (tertiary/aromatic N) is 4. The largest absolute Gasteiger partial charge is 0.481 e. The lowest BCUT2D eigenvalue weighted by molar-refractivity contribution is -0.136. The fourth-order valence-corrected chi connectivity index (χ4v) is 6.31. The van der Waals surface area contributed by atoms with Crippen LogP contribution in [0.1, 0.15) is 11.1 Å². The molecule has 0 aliphatic rings. The number of aromatic nitrogens is 4. The van der Waals surface area contributed by atoms with Gasteiger partial charge in [0, 0.05) is 42.0 Å². The molecule has 3 aromatic heterocycles. The average molecular weight is 555 g/mol. The van der Waals surface area contributed by atoms with Gasteiger partial charge in [-0.2, -0.15) is 0 Å². The Labute approximate surface area is 232 Å². The fourth-order valence-electron chi connectivity index (χ4n) is 5.05. The first-order valence-electron chi connectivity index (χ1n) is 12.2. The summed E-state index contributed by atoms with van der Waals surface area (Å²) in [6.45, 7) is 1.92. The molecule has 3 aromatic carbocycles. The van der Waals surface area contributed by atoms with Crippen molar-refractivity contribution in [2.75, 3.05) is 0 Å². The van der Waals surface area contributed by atoms with Gasteiger partial charge in [0.15, 0.2) is 0 Å². The molecule has 0 atom stereocenters. The molecule has 9 heteroatoms. The van der Waals surface area contributed by atoms with Crippen molar-refractivity contribution in [1.29, 1.82) is 0 Å². The highest BCUT2D eigenvalue weighted by Gasteiger charge is 2.20. The minimum Gasteiger partial charge on any atom is -0.481 e. The topological polar surface area (TPSA) is 90.0 Å². The molecule has 7 nitrogen and oxygen atoms in total. The highest BCUT2D eigenvalue weighted by Crippen LogP contribution is 2.41. The second-order valence-corrected chi connectivity index (χ2v) is 11.0. The third kappa shape index (κ3) is 4.31. The van der Waals surface area contributed by atoms with E-state index in [0.717, 1.165) is 65.3 Å². The van der Waals surface area contributed by atoms with Crippen LogP contribution in [0.2, 0.25) is 5.02 Å². The summed E-state index contributed by atoms with van der Waals surface area (Å²) in [6.07, 6.45) is 1.67. The first kappa shape index (κ1) is 25.0. The van der Waals surface area contributed by atoms with E-state index in [0.29, 0.717) is 5.02 Å². The summed E-state index contributed by atoms with van der Waals surface area (Å²) in [5.41, 5.74) is 8.42. The van der Waals surface area contributed by atoms with E-state index in [4.69, 9.17) is 16.6 Å². The number of carbonyl (C=O) groups is 1. The maximum absolute atomic E-state index is 12.4. The lowest BCUT2D eigenvalue weighted by Gasteiger charge is -2.13. The lowest BCUT2D eigenvalue weighted by Crippen LogP contribution is -2.19. The molecule has 0 saturated heterocycles. The minimum absolute atomic E-state index is 0.0765. The summed E-state index contributed by atoms with van der Waals surface area (Å²) in [5, 5.41) is 11.1. The molecule has 0 aliphatic heterocycles. The van der Waals surface area contributed by atoms with E-state index in [1.807, 2.05) is 67.6 Å². The molecular formula is C30H23ClN4O3S. The SMILES string of the molecule is Cc1cc2nc(-c3ccnc(-c4ccc5c(c4)n(C)c(=O)n5C)c3)sc2c(-c2ccc(Cl)cc2)c1CC(=O)O. The van der Waals surface area contributed by atoms with Gasteiger partial charge in [0.1, 0.15) is 5.01 Å².